The number of rotatable bonds is 5. The van der Waals surface area contributed by atoms with Crippen molar-refractivity contribution in [2.24, 2.45) is 11.3 Å². The fourth-order valence-corrected chi connectivity index (χ4v) is 4.74. The fourth-order valence-electron chi connectivity index (χ4n) is 3.29. The zero-order chi connectivity index (χ0) is 27.4. The van der Waals surface area contributed by atoms with Crippen molar-refractivity contribution < 1.29 is 34.7 Å². The molecule has 1 aliphatic heterocycles. The molecule has 1 atom stereocenters. The number of halogens is 1. The van der Waals surface area contributed by atoms with Gasteiger partial charge in [-0.3, -0.25) is 14.4 Å². The van der Waals surface area contributed by atoms with E-state index < -0.39 is 21.9 Å². The van der Waals surface area contributed by atoms with Crippen LogP contribution in [0.2, 0.25) is 0 Å². The van der Waals surface area contributed by atoms with E-state index in [1.54, 1.807) is 26.1 Å². The van der Waals surface area contributed by atoms with Gasteiger partial charge in [0, 0.05) is 21.5 Å². The quantitative estimate of drug-likeness (QED) is 0.551. The number of anilines is 2. The Bertz CT molecular complexity index is 1240. The monoisotopic (exact) mass is 539 g/mol. The minimum absolute atomic E-state index is 0. The molecule has 2 amide bonds. The Morgan fingerprint density at radius 3 is 2.35 bits per heavy atom. The van der Waals surface area contributed by atoms with E-state index in [1.807, 2.05) is 20.8 Å². The molecule has 11 heteroatoms. The van der Waals surface area contributed by atoms with Crippen LogP contribution in [-0.4, -0.2) is 46.7 Å². The number of hydrogen-bond acceptors (Lipinski definition) is 6. The number of benzene rings is 2. The molecule has 1 saturated carbocycles. The Kier molecular flexibility index (Phi) is 8.68. The minimum atomic E-state index is -3.93. The largest absolute Gasteiger partial charge is 0.489 e. The molecule has 9 nitrogen and oxygen atoms in total. The molecule has 0 unspecified atom stereocenters. The van der Waals surface area contributed by atoms with Crippen LogP contribution in [-0.2, 0) is 19.6 Å². The Morgan fingerprint density at radius 2 is 1.81 bits per heavy atom. The molecular formula is C26H38FN3O6S. The van der Waals surface area contributed by atoms with Crippen LogP contribution in [0.1, 0.15) is 43.4 Å². The van der Waals surface area contributed by atoms with Gasteiger partial charge in [-0.15, -0.1) is 0 Å². The molecular weight excluding hydrogens is 501 g/mol. The summed E-state index contributed by atoms with van der Waals surface area (Å²) in [5.74, 6) is 0.421. The van der Waals surface area contributed by atoms with Gasteiger partial charge >= 0.3 is 6.09 Å². The summed E-state index contributed by atoms with van der Waals surface area (Å²) in [6.07, 6.45) is 1.23. The van der Waals surface area contributed by atoms with E-state index in [9.17, 15) is 22.4 Å². The number of carbonyl (C=O) groups excluding carboxylic acids is 2. The molecule has 2 aliphatic rings. The van der Waals surface area contributed by atoms with Crippen LogP contribution in [0.3, 0.4) is 0 Å². The lowest BCUT2D eigenvalue weighted by atomic mass is 9.90. The van der Waals surface area contributed by atoms with Crippen LogP contribution >= 0.6 is 0 Å². The zero-order valence-electron chi connectivity index (χ0n) is 21.7. The summed E-state index contributed by atoms with van der Waals surface area (Å²) >= 11 is 0. The number of nitrogens with zero attached hydrogens (tertiary/aromatic N) is 1. The molecule has 2 N–H and O–H groups in total. The lowest BCUT2D eigenvalue weighted by Crippen LogP contribution is -2.38. The first-order chi connectivity index (χ1) is 17.3. The van der Waals surface area contributed by atoms with Crippen LogP contribution in [0.15, 0.2) is 47.4 Å². The number of ether oxygens (including phenoxy) is 2. The molecule has 2 aromatic carbocycles. The molecule has 4 rings (SSSR count). The number of hydrogen-bond donors (Lipinski definition) is 2. The number of carbonyl (C=O) groups is 2. The third-order valence-electron chi connectivity index (χ3n) is 6.13. The van der Waals surface area contributed by atoms with Crippen molar-refractivity contribution in [3.8, 4) is 5.75 Å². The second-order valence-corrected chi connectivity index (χ2v) is 11.9. The fraction of sp³-hybridized carbons (Fsp3) is 0.462. The van der Waals surface area contributed by atoms with Crippen LogP contribution in [0.4, 0.5) is 20.6 Å². The molecule has 206 valence electrons. The summed E-state index contributed by atoms with van der Waals surface area (Å²) in [4.78, 5) is 22.7. The second-order valence-electron chi connectivity index (χ2n) is 9.99. The van der Waals surface area contributed by atoms with E-state index >= 15 is 0 Å². The first-order valence-electron chi connectivity index (χ1n) is 12.1. The van der Waals surface area contributed by atoms with E-state index in [0.717, 1.165) is 25.0 Å². The van der Waals surface area contributed by atoms with Crippen molar-refractivity contribution in [3.63, 3.8) is 0 Å². The average molecular weight is 540 g/mol. The van der Waals surface area contributed by atoms with E-state index in [2.05, 4.69) is 10.6 Å². The van der Waals surface area contributed by atoms with Crippen LogP contribution in [0, 0.1) is 17.2 Å². The van der Waals surface area contributed by atoms with Gasteiger partial charge < -0.3 is 14.8 Å². The van der Waals surface area contributed by atoms with Crippen LogP contribution in [0.5, 0.6) is 5.75 Å². The van der Waals surface area contributed by atoms with Crippen LogP contribution in [0.25, 0.3) is 0 Å². The lowest BCUT2D eigenvalue weighted by Gasteiger charge is -2.31. The zero-order valence-corrected chi connectivity index (χ0v) is 22.5. The van der Waals surface area contributed by atoms with Crippen molar-refractivity contribution >= 4 is 33.4 Å². The van der Waals surface area contributed by atoms with Gasteiger partial charge in [0.25, 0.3) is 10.0 Å². The first kappa shape index (κ1) is 28.2. The highest BCUT2D eigenvalue weighted by molar-refractivity contribution is 7.92. The molecule has 0 radical (unpaired) electrons. The van der Waals surface area contributed by atoms with Gasteiger partial charge in [0.15, 0.2) is 0 Å². The maximum absolute atomic E-state index is 13.2. The van der Waals surface area contributed by atoms with Gasteiger partial charge in [0.1, 0.15) is 24.3 Å². The maximum Gasteiger partial charge on any atom is 0.411 e. The SMILES string of the molecule is CNC(=O)C1CC1.C[C@@H](OC(=O)Nc1ccc2c(c1)N(S(=O)(=O)c1ccc(F)cc1)CCO2)C(C)(C)C.[HH].[HH]. The van der Waals surface area contributed by atoms with Crippen molar-refractivity contribution in [2.75, 3.05) is 29.8 Å². The minimum Gasteiger partial charge on any atom is -0.489 e. The van der Waals surface area contributed by atoms with Gasteiger partial charge in [-0.2, -0.15) is 0 Å². The topological polar surface area (TPSA) is 114 Å². The molecule has 1 fully saturated rings. The summed E-state index contributed by atoms with van der Waals surface area (Å²) in [7, 11) is -2.25. The first-order valence-corrected chi connectivity index (χ1v) is 13.5. The highest BCUT2D eigenvalue weighted by Crippen LogP contribution is 2.37. The molecule has 2 aromatic rings. The van der Waals surface area contributed by atoms with Gasteiger partial charge in [-0.05, 0) is 67.6 Å². The van der Waals surface area contributed by atoms with E-state index in [1.165, 1.54) is 22.5 Å². The summed E-state index contributed by atoms with van der Waals surface area (Å²) in [5.41, 5.74) is 0.429. The van der Waals surface area contributed by atoms with Gasteiger partial charge in [0.05, 0.1) is 17.1 Å². The molecule has 1 aliphatic carbocycles. The van der Waals surface area contributed by atoms with E-state index in [-0.39, 0.29) is 44.0 Å². The van der Waals surface area contributed by atoms with E-state index in [4.69, 9.17) is 9.47 Å². The Balaban J connectivity index is 0.000000736. The number of fused-ring (bicyclic) bond motifs is 1. The van der Waals surface area contributed by atoms with Crippen molar-refractivity contribution in [1.82, 2.24) is 5.32 Å². The number of amides is 2. The predicted octanol–water partition coefficient (Wildman–Crippen LogP) is 5.03. The smallest absolute Gasteiger partial charge is 0.411 e. The van der Waals surface area contributed by atoms with Crippen LogP contribution < -0.4 is 19.7 Å². The third kappa shape index (κ3) is 7.34. The number of sulfonamides is 1. The molecule has 0 spiro atoms. The van der Waals surface area contributed by atoms with E-state index in [0.29, 0.717) is 17.4 Å². The molecule has 1 heterocycles. The standard InChI is InChI=1S/C21H25FN2O5S.C5H9NO.2H2/c1-14(21(2,3)4)29-20(25)23-16-7-10-19-18(13-16)24(11-12-28-19)30(26,27)17-8-5-15(22)6-9-17;1-6-5(7)4-2-3-4;;/h5-10,13-14H,11-12H2,1-4H3,(H,23,25);4H,2-3H2,1H3,(H,6,7);2*1H/t14-;;;/m1.../s1. The molecule has 0 bridgehead atoms. The molecule has 37 heavy (non-hydrogen) atoms. The van der Waals surface area contributed by atoms with Crippen molar-refractivity contribution in [2.45, 2.75) is 51.5 Å². The average Bonchev–Trinajstić information content (AvgIpc) is 3.69. The normalized spacial score (nSPS) is 15.8. The maximum atomic E-state index is 13.2. The summed E-state index contributed by atoms with van der Waals surface area (Å²) in [5, 5.41) is 5.21. The Hall–Kier alpha value is -3.34. The highest BCUT2D eigenvalue weighted by atomic mass is 32.2. The van der Waals surface area contributed by atoms with Gasteiger partial charge in [-0.25, -0.2) is 17.6 Å². The summed E-state index contributed by atoms with van der Waals surface area (Å²) < 4.78 is 51.5. The summed E-state index contributed by atoms with van der Waals surface area (Å²) in [6, 6.07) is 9.33. The number of nitrogens with one attached hydrogen (secondary N) is 2. The van der Waals surface area contributed by atoms with Gasteiger partial charge in [-0.1, -0.05) is 20.8 Å². The van der Waals surface area contributed by atoms with Gasteiger partial charge in [0.2, 0.25) is 5.91 Å². The van der Waals surface area contributed by atoms with Crippen molar-refractivity contribution in [3.05, 3.63) is 48.3 Å². The summed E-state index contributed by atoms with van der Waals surface area (Å²) in [6.45, 7) is 7.93. The predicted molar refractivity (Wildman–Crippen MR) is 143 cm³/mol. The lowest BCUT2D eigenvalue weighted by molar-refractivity contribution is -0.121. The molecule has 0 aromatic heterocycles. The second kappa shape index (κ2) is 11.4. The molecule has 0 saturated heterocycles. The third-order valence-corrected chi connectivity index (χ3v) is 7.95. The Labute approximate surface area is 220 Å². The van der Waals surface area contributed by atoms with Crippen molar-refractivity contribution in [1.29, 1.82) is 0 Å². The highest BCUT2D eigenvalue weighted by Gasteiger charge is 2.31. The Morgan fingerprint density at radius 1 is 1.16 bits per heavy atom.